The van der Waals surface area contributed by atoms with Gasteiger partial charge in [-0.05, 0) is 86.2 Å². The quantitative estimate of drug-likeness (QED) is 0.148. The first-order chi connectivity index (χ1) is 27.1. The summed E-state index contributed by atoms with van der Waals surface area (Å²) in [6, 6.07) is 6.21. The Hall–Kier alpha value is -5.13. The van der Waals surface area contributed by atoms with E-state index in [0.717, 1.165) is 61.7 Å². The van der Waals surface area contributed by atoms with Crippen molar-refractivity contribution in [2.24, 2.45) is 5.41 Å². The molecule has 1 spiro atoms. The highest BCUT2D eigenvalue weighted by atomic mass is 35.5. The van der Waals surface area contributed by atoms with Crippen LogP contribution in [0.5, 0.6) is 11.5 Å². The van der Waals surface area contributed by atoms with Crippen molar-refractivity contribution in [2.45, 2.75) is 72.5 Å². The third-order valence-electron chi connectivity index (χ3n) is 9.79. The van der Waals surface area contributed by atoms with Crippen LogP contribution in [0.1, 0.15) is 61.3 Å². The number of nitrogens with zero attached hydrogens (tertiary/aromatic N) is 8. The first-order valence-electron chi connectivity index (χ1n) is 18.6. The number of imide groups is 1. The Bertz CT molecular complexity index is 2030. The first kappa shape index (κ1) is 44.0. The number of methoxy groups -OCH3 is 2. The van der Waals surface area contributed by atoms with E-state index in [1.54, 1.807) is 47.6 Å². The van der Waals surface area contributed by atoms with E-state index in [9.17, 15) is 24.5 Å². The first-order valence-corrected chi connectivity index (χ1v) is 19.4. The van der Waals surface area contributed by atoms with E-state index in [-0.39, 0.29) is 55.7 Å². The van der Waals surface area contributed by atoms with E-state index < -0.39 is 34.3 Å². The topological polar surface area (TPSA) is 173 Å². The van der Waals surface area contributed by atoms with Crippen LogP contribution in [0.4, 0.5) is 48.8 Å². The van der Waals surface area contributed by atoms with Gasteiger partial charge in [-0.25, -0.2) is 29.3 Å². The molecule has 2 aliphatic rings. The number of rotatable bonds is 9. The van der Waals surface area contributed by atoms with Gasteiger partial charge in [-0.3, -0.25) is 15.0 Å². The van der Waals surface area contributed by atoms with Gasteiger partial charge in [0.05, 0.1) is 19.1 Å². The monoisotopic (exact) mass is 844 g/mol. The molecule has 0 aliphatic carbocycles. The number of piperidine rings is 1. The summed E-state index contributed by atoms with van der Waals surface area (Å²) in [4.78, 5) is 70.0. The Kier molecular flexibility index (Phi) is 12.9. The van der Waals surface area contributed by atoms with Gasteiger partial charge in [0, 0.05) is 49.4 Å². The molecule has 3 aromatic rings. The van der Waals surface area contributed by atoms with Crippen molar-refractivity contribution in [2.75, 3.05) is 73.6 Å². The highest BCUT2D eigenvalue weighted by molar-refractivity contribution is 6.43. The molecule has 19 heteroatoms. The number of carbonyl (C=O) groups excluding carboxylic acids is 3. The second kappa shape index (κ2) is 17.0. The number of benzene rings is 2. The average Bonchev–Trinajstić information content (AvgIpc) is 3.14. The Morgan fingerprint density at radius 2 is 1.43 bits per heavy atom. The predicted octanol–water partition coefficient (Wildman–Crippen LogP) is 8.70. The second-order valence-electron chi connectivity index (χ2n) is 16.2. The molecule has 0 atom stereocenters. The number of carbonyl (C=O) groups is 3. The van der Waals surface area contributed by atoms with Crippen LogP contribution < -0.4 is 29.1 Å². The molecule has 17 nitrogen and oxygen atoms in total. The van der Waals surface area contributed by atoms with Crippen molar-refractivity contribution in [3.05, 3.63) is 56.8 Å². The van der Waals surface area contributed by atoms with Crippen molar-refractivity contribution in [1.82, 2.24) is 14.9 Å². The molecule has 314 valence electrons. The van der Waals surface area contributed by atoms with Crippen LogP contribution in [0.2, 0.25) is 10.0 Å². The van der Waals surface area contributed by atoms with Crippen molar-refractivity contribution in [3.63, 3.8) is 0 Å². The maximum absolute atomic E-state index is 14.5. The summed E-state index contributed by atoms with van der Waals surface area (Å²) in [5.74, 6) is -0.239. The van der Waals surface area contributed by atoms with E-state index in [1.807, 2.05) is 0 Å². The number of aromatic nitrogens is 2. The average molecular weight is 846 g/mol. The number of hydrogen-bond donors (Lipinski definition) is 0. The Morgan fingerprint density at radius 3 is 1.95 bits per heavy atom. The predicted molar refractivity (Wildman–Crippen MR) is 222 cm³/mol. The molecule has 58 heavy (non-hydrogen) atoms. The van der Waals surface area contributed by atoms with Gasteiger partial charge in [-0.2, -0.15) is 4.90 Å². The summed E-state index contributed by atoms with van der Waals surface area (Å²) in [7, 11) is 3.96. The lowest BCUT2D eigenvalue weighted by Gasteiger charge is -2.55. The molecule has 0 saturated carbocycles. The van der Waals surface area contributed by atoms with E-state index in [2.05, 4.69) is 26.7 Å². The van der Waals surface area contributed by atoms with Gasteiger partial charge in [-0.15, -0.1) is 0 Å². The Labute approximate surface area is 347 Å². The van der Waals surface area contributed by atoms with Gasteiger partial charge in [-0.1, -0.05) is 30.1 Å². The molecule has 0 bridgehead atoms. The fraction of sp³-hybridized carbons (Fsp3) is 0.513. The van der Waals surface area contributed by atoms with E-state index in [0.29, 0.717) is 10.6 Å². The maximum Gasteiger partial charge on any atom is 0.423 e. The van der Waals surface area contributed by atoms with Crippen LogP contribution in [0.3, 0.4) is 0 Å². The van der Waals surface area contributed by atoms with Gasteiger partial charge < -0.3 is 28.7 Å². The van der Waals surface area contributed by atoms with Crippen molar-refractivity contribution in [3.8, 4) is 11.5 Å². The van der Waals surface area contributed by atoms with Gasteiger partial charge in [0.15, 0.2) is 0 Å². The summed E-state index contributed by atoms with van der Waals surface area (Å²) in [6.45, 7) is 16.5. The fourth-order valence-electron chi connectivity index (χ4n) is 6.80. The smallest absolute Gasteiger partial charge is 0.423 e. The number of hydrogen-bond acceptors (Lipinski definition) is 13. The molecular weight excluding hydrogens is 795 g/mol. The van der Waals surface area contributed by atoms with Gasteiger partial charge in [0.25, 0.3) is 5.69 Å². The molecule has 3 heterocycles. The lowest BCUT2D eigenvalue weighted by molar-refractivity contribution is -0.384. The zero-order valence-corrected chi connectivity index (χ0v) is 35.9. The van der Waals surface area contributed by atoms with Crippen LogP contribution in [-0.2, 0) is 9.47 Å². The van der Waals surface area contributed by atoms with E-state index >= 15 is 0 Å². The number of nitro benzene ring substituents is 1. The summed E-state index contributed by atoms with van der Waals surface area (Å²) in [6.07, 6.45) is 1.04. The number of anilines is 5. The minimum absolute atomic E-state index is 0.0396. The molecular formula is C39H50Cl2N8O9. The second-order valence-corrected chi connectivity index (χ2v) is 16.9. The SMILES string of the molecule is CCN1CCC2(CC1)CN(c1ccc(N(C(=O)OC(C)(C)C)c3cc(N(C)C(=O)N(C(=O)OC(C)(C)C)c4c(Cl)c(OC)cc(OC)c4Cl)ncn3)c([N+](=O)[O-])c1)C2. The fourth-order valence-corrected chi connectivity index (χ4v) is 7.47. The molecule has 0 N–H and O–H groups in total. The zero-order valence-electron chi connectivity index (χ0n) is 34.4. The molecule has 1 aromatic heterocycles. The standard InChI is InChI=1S/C39H50Cl2N8O9/c1-11-45-16-14-39(15-17-45)21-46(22-39)24-12-13-25(26(18-24)49(53)54)47(35(51)57-37(2,3)4)30-20-29(42-23-43-30)44(8)34(50)48(36(52)58-38(5,6)7)33-31(40)27(55-9)19-28(56-10)32(33)41/h12-13,18-20,23H,11,14-17,21-22H2,1-10H3. The lowest BCUT2D eigenvalue weighted by Crippen LogP contribution is -2.60. The highest BCUT2D eigenvalue weighted by Crippen LogP contribution is 2.48. The van der Waals surface area contributed by atoms with Crippen LogP contribution in [0.25, 0.3) is 0 Å². The number of likely N-dealkylation sites (tertiary alicyclic amines) is 1. The number of nitro groups is 1. The number of halogens is 2. The Balaban J connectivity index is 1.55. The third-order valence-corrected chi connectivity index (χ3v) is 10.5. The molecule has 0 radical (unpaired) electrons. The number of amides is 4. The summed E-state index contributed by atoms with van der Waals surface area (Å²) in [5, 5.41) is 12.3. The van der Waals surface area contributed by atoms with Crippen molar-refractivity contribution < 1.29 is 38.3 Å². The van der Waals surface area contributed by atoms with Crippen LogP contribution in [0, 0.1) is 15.5 Å². The van der Waals surface area contributed by atoms with Gasteiger partial charge in [0.1, 0.15) is 62.1 Å². The number of ether oxygens (including phenoxy) is 4. The minimum atomic E-state index is -1.15. The molecule has 4 amide bonds. The summed E-state index contributed by atoms with van der Waals surface area (Å²) >= 11 is 13.3. The van der Waals surface area contributed by atoms with Crippen LogP contribution in [-0.4, -0.2) is 103 Å². The molecule has 2 aliphatic heterocycles. The molecule has 5 rings (SSSR count). The van der Waals surface area contributed by atoms with Crippen molar-refractivity contribution >= 4 is 75.8 Å². The third kappa shape index (κ3) is 9.42. The van der Waals surface area contributed by atoms with Gasteiger partial charge >= 0.3 is 18.2 Å². The molecule has 0 unspecified atom stereocenters. The van der Waals surface area contributed by atoms with Crippen molar-refractivity contribution in [1.29, 1.82) is 0 Å². The number of urea groups is 1. The van der Waals surface area contributed by atoms with Crippen LogP contribution >= 0.6 is 23.2 Å². The normalized spacial score (nSPS) is 15.3. The zero-order chi connectivity index (χ0) is 42.9. The largest absolute Gasteiger partial charge is 0.495 e. The molecule has 2 aromatic carbocycles. The van der Waals surface area contributed by atoms with Crippen LogP contribution in [0.15, 0.2) is 36.7 Å². The maximum atomic E-state index is 14.5. The van der Waals surface area contributed by atoms with E-state index in [4.69, 9.17) is 42.1 Å². The highest BCUT2D eigenvalue weighted by Gasteiger charge is 2.45. The lowest BCUT2D eigenvalue weighted by atomic mass is 9.71. The summed E-state index contributed by atoms with van der Waals surface area (Å²) < 4.78 is 22.1. The minimum Gasteiger partial charge on any atom is -0.495 e. The Morgan fingerprint density at radius 1 is 0.879 bits per heavy atom. The summed E-state index contributed by atoms with van der Waals surface area (Å²) in [5.41, 5.74) is -2.09. The van der Waals surface area contributed by atoms with Gasteiger partial charge in [0.2, 0.25) is 0 Å². The van der Waals surface area contributed by atoms with E-state index in [1.165, 1.54) is 45.5 Å². The molecule has 2 fully saturated rings. The molecule has 2 saturated heterocycles.